The van der Waals surface area contributed by atoms with Crippen LogP contribution in [0.4, 0.5) is 4.79 Å². The Morgan fingerprint density at radius 2 is 1.71 bits per heavy atom. The van der Waals surface area contributed by atoms with E-state index in [-0.39, 0.29) is 11.3 Å². The largest absolute Gasteiger partial charge is 0.350 e. The van der Waals surface area contributed by atoms with Gasteiger partial charge in [-0.25, -0.2) is 10.2 Å². The van der Waals surface area contributed by atoms with E-state index in [2.05, 4.69) is 10.9 Å². The van der Waals surface area contributed by atoms with E-state index in [9.17, 15) is 9.59 Å². The van der Waals surface area contributed by atoms with Gasteiger partial charge in [0.2, 0.25) is 5.91 Å². The average molecular weight is 199 g/mol. The summed E-state index contributed by atoms with van der Waals surface area (Å²) in [5, 5.41) is 0. The Balaban J connectivity index is 2.45. The molecule has 1 aliphatic carbocycles. The molecule has 80 valence electrons. The third-order valence-corrected chi connectivity index (χ3v) is 2.80. The Bertz CT molecular complexity index is 234. The molecule has 5 nitrogen and oxygen atoms in total. The van der Waals surface area contributed by atoms with Crippen LogP contribution in [-0.4, -0.2) is 11.9 Å². The Labute approximate surface area is 83.4 Å². The Morgan fingerprint density at radius 1 is 1.14 bits per heavy atom. The van der Waals surface area contributed by atoms with Gasteiger partial charge in [0.1, 0.15) is 0 Å². The van der Waals surface area contributed by atoms with Crippen LogP contribution in [-0.2, 0) is 4.79 Å². The smallest absolute Gasteiger partial charge is 0.330 e. The van der Waals surface area contributed by atoms with Crippen molar-refractivity contribution in [2.24, 2.45) is 11.1 Å². The van der Waals surface area contributed by atoms with E-state index in [4.69, 9.17) is 5.73 Å². The Morgan fingerprint density at radius 3 is 2.21 bits per heavy atom. The van der Waals surface area contributed by atoms with Crippen molar-refractivity contribution < 1.29 is 9.59 Å². The predicted octanol–water partition coefficient (Wildman–Crippen LogP) is 0.656. The van der Waals surface area contributed by atoms with Gasteiger partial charge in [0, 0.05) is 5.41 Å². The fraction of sp³-hybridized carbons (Fsp3) is 0.778. The number of hydrogen-bond donors (Lipinski definition) is 3. The number of nitrogens with one attached hydrogen (secondary N) is 2. The lowest BCUT2D eigenvalue weighted by Crippen LogP contribution is -2.50. The van der Waals surface area contributed by atoms with Gasteiger partial charge in [-0.15, -0.1) is 0 Å². The summed E-state index contributed by atoms with van der Waals surface area (Å²) in [7, 11) is 0. The topological polar surface area (TPSA) is 84.2 Å². The standard InChI is InChI=1S/C9H17N3O2/c1-9(5-3-2-4-6-9)7(13)11-12-8(10)14/h2-6H2,1H3,(H,11,13)(H3,10,12,14). The van der Waals surface area contributed by atoms with Gasteiger partial charge in [-0.3, -0.25) is 10.2 Å². The molecule has 1 saturated carbocycles. The van der Waals surface area contributed by atoms with Crippen molar-refractivity contribution in [2.75, 3.05) is 0 Å². The maximum Gasteiger partial charge on any atom is 0.330 e. The minimum absolute atomic E-state index is 0.143. The molecule has 1 aliphatic rings. The second kappa shape index (κ2) is 4.30. The van der Waals surface area contributed by atoms with Crippen LogP contribution < -0.4 is 16.6 Å². The number of carbonyl (C=O) groups excluding carboxylic acids is 2. The first-order valence-electron chi connectivity index (χ1n) is 4.90. The zero-order valence-corrected chi connectivity index (χ0v) is 8.43. The van der Waals surface area contributed by atoms with Crippen LogP contribution in [0.25, 0.3) is 0 Å². The quantitative estimate of drug-likeness (QED) is 0.542. The maximum absolute atomic E-state index is 11.6. The molecule has 0 aromatic heterocycles. The lowest BCUT2D eigenvalue weighted by molar-refractivity contribution is -0.132. The maximum atomic E-state index is 11.6. The molecule has 0 radical (unpaired) electrons. The minimum atomic E-state index is -0.738. The molecule has 5 heteroatoms. The number of rotatable bonds is 1. The fourth-order valence-electron chi connectivity index (χ4n) is 1.83. The second-order valence-corrected chi connectivity index (χ2v) is 4.06. The third kappa shape index (κ3) is 2.61. The zero-order valence-electron chi connectivity index (χ0n) is 8.43. The Hall–Kier alpha value is -1.26. The van der Waals surface area contributed by atoms with Gasteiger partial charge in [0.15, 0.2) is 0 Å². The number of hydrazine groups is 1. The van der Waals surface area contributed by atoms with Gasteiger partial charge in [0.25, 0.3) is 0 Å². The molecule has 0 heterocycles. The molecule has 0 aromatic rings. The summed E-state index contributed by atoms with van der Waals surface area (Å²) in [5.41, 5.74) is 8.94. The van der Waals surface area contributed by atoms with Crippen LogP contribution >= 0.6 is 0 Å². The van der Waals surface area contributed by atoms with Crippen molar-refractivity contribution in [1.82, 2.24) is 10.9 Å². The first kappa shape index (κ1) is 10.8. The summed E-state index contributed by atoms with van der Waals surface area (Å²) in [6, 6.07) is -0.738. The molecular formula is C9H17N3O2. The molecule has 0 atom stereocenters. The SMILES string of the molecule is CC1(C(=O)NNC(N)=O)CCCCC1. The van der Waals surface area contributed by atoms with Crippen molar-refractivity contribution in [3.8, 4) is 0 Å². The van der Waals surface area contributed by atoms with Crippen molar-refractivity contribution >= 4 is 11.9 Å². The molecular weight excluding hydrogens is 182 g/mol. The van der Waals surface area contributed by atoms with Crippen LogP contribution in [0.5, 0.6) is 0 Å². The highest BCUT2D eigenvalue weighted by Gasteiger charge is 2.34. The summed E-state index contributed by atoms with van der Waals surface area (Å²) in [6.07, 6.45) is 5.08. The van der Waals surface area contributed by atoms with Gasteiger partial charge in [-0.2, -0.15) is 0 Å². The highest BCUT2D eigenvalue weighted by atomic mass is 16.2. The van der Waals surface area contributed by atoms with Crippen molar-refractivity contribution in [3.05, 3.63) is 0 Å². The number of hydrogen-bond acceptors (Lipinski definition) is 2. The van der Waals surface area contributed by atoms with Crippen LogP contribution in [0.15, 0.2) is 0 Å². The molecule has 1 rings (SSSR count). The van der Waals surface area contributed by atoms with Crippen LogP contribution in [0.1, 0.15) is 39.0 Å². The molecule has 0 unspecified atom stereocenters. The molecule has 0 spiro atoms. The molecule has 4 N–H and O–H groups in total. The number of urea groups is 1. The number of nitrogens with two attached hydrogens (primary N) is 1. The van der Waals surface area contributed by atoms with E-state index in [1.54, 1.807) is 0 Å². The average Bonchev–Trinajstić information content (AvgIpc) is 2.15. The van der Waals surface area contributed by atoms with E-state index < -0.39 is 6.03 Å². The minimum Gasteiger partial charge on any atom is -0.350 e. The van der Waals surface area contributed by atoms with Gasteiger partial charge < -0.3 is 5.73 Å². The lowest BCUT2D eigenvalue weighted by atomic mass is 9.75. The summed E-state index contributed by atoms with van der Waals surface area (Å²) >= 11 is 0. The molecule has 0 aliphatic heterocycles. The highest BCUT2D eigenvalue weighted by Crippen LogP contribution is 2.35. The fourth-order valence-corrected chi connectivity index (χ4v) is 1.83. The van der Waals surface area contributed by atoms with Crippen molar-refractivity contribution in [1.29, 1.82) is 0 Å². The monoisotopic (exact) mass is 199 g/mol. The first-order chi connectivity index (χ1) is 6.54. The molecule has 0 saturated heterocycles. The normalized spacial score (nSPS) is 19.8. The summed E-state index contributed by atoms with van der Waals surface area (Å²) in [5.74, 6) is -0.143. The van der Waals surface area contributed by atoms with E-state index in [0.717, 1.165) is 25.7 Å². The highest BCUT2D eigenvalue weighted by molar-refractivity contribution is 5.84. The first-order valence-corrected chi connectivity index (χ1v) is 4.90. The summed E-state index contributed by atoms with van der Waals surface area (Å²) < 4.78 is 0. The number of carbonyl (C=O) groups is 2. The predicted molar refractivity (Wildman–Crippen MR) is 52.1 cm³/mol. The molecule has 0 bridgehead atoms. The van der Waals surface area contributed by atoms with Crippen LogP contribution in [0, 0.1) is 5.41 Å². The summed E-state index contributed by atoms with van der Waals surface area (Å²) in [6.45, 7) is 1.92. The van der Waals surface area contributed by atoms with Crippen LogP contribution in [0.2, 0.25) is 0 Å². The van der Waals surface area contributed by atoms with E-state index >= 15 is 0 Å². The molecule has 14 heavy (non-hydrogen) atoms. The summed E-state index contributed by atoms with van der Waals surface area (Å²) in [4.78, 5) is 22.0. The van der Waals surface area contributed by atoms with E-state index in [0.29, 0.717) is 0 Å². The van der Waals surface area contributed by atoms with Gasteiger partial charge in [-0.05, 0) is 12.8 Å². The zero-order chi connectivity index (χ0) is 10.6. The van der Waals surface area contributed by atoms with Crippen molar-refractivity contribution in [2.45, 2.75) is 39.0 Å². The number of amides is 3. The Kier molecular flexibility index (Phi) is 3.33. The van der Waals surface area contributed by atoms with E-state index in [1.807, 2.05) is 6.92 Å². The van der Waals surface area contributed by atoms with E-state index in [1.165, 1.54) is 6.42 Å². The molecule has 3 amide bonds. The molecule has 1 fully saturated rings. The van der Waals surface area contributed by atoms with Crippen LogP contribution in [0.3, 0.4) is 0 Å². The van der Waals surface area contributed by atoms with Crippen molar-refractivity contribution in [3.63, 3.8) is 0 Å². The third-order valence-electron chi connectivity index (χ3n) is 2.80. The number of primary amides is 1. The van der Waals surface area contributed by atoms with Gasteiger partial charge in [0.05, 0.1) is 0 Å². The lowest BCUT2D eigenvalue weighted by Gasteiger charge is -2.31. The van der Waals surface area contributed by atoms with Gasteiger partial charge in [-0.1, -0.05) is 26.2 Å². The molecule has 0 aromatic carbocycles. The van der Waals surface area contributed by atoms with Gasteiger partial charge >= 0.3 is 6.03 Å². The second-order valence-electron chi connectivity index (χ2n) is 4.06.